The Morgan fingerprint density at radius 1 is 0.531 bits per heavy atom. The van der Waals surface area contributed by atoms with Gasteiger partial charge in [0.15, 0.2) is 0 Å². The summed E-state index contributed by atoms with van der Waals surface area (Å²) in [5.41, 5.74) is 1.91. The van der Waals surface area contributed by atoms with E-state index in [2.05, 4.69) is 36.4 Å². The van der Waals surface area contributed by atoms with E-state index < -0.39 is 7.06 Å². The number of hydrogen-bond acceptors (Lipinski definition) is 3. The van der Waals surface area contributed by atoms with E-state index >= 15 is 0 Å². The van der Waals surface area contributed by atoms with Crippen molar-refractivity contribution in [2.45, 2.75) is 0 Å². The maximum atomic E-state index is 11.0. The molecule has 0 saturated carbocycles. The van der Waals surface area contributed by atoms with Gasteiger partial charge in [-0.15, -0.1) is 0 Å². The first-order valence-corrected chi connectivity index (χ1v) is 12.6. The van der Waals surface area contributed by atoms with Gasteiger partial charge >= 0.3 is 186 Å². The van der Waals surface area contributed by atoms with Gasteiger partial charge in [-0.05, 0) is 0 Å². The second-order valence-electron chi connectivity index (χ2n) is 7.98. The predicted molar refractivity (Wildman–Crippen MR) is 132 cm³/mol. The Kier molecular flexibility index (Phi) is 4.21. The fraction of sp³-hybridized carbons (Fsp3) is 0. The van der Waals surface area contributed by atoms with Gasteiger partial charge in [-0.1, -0.05) is 0 Å². The molecule has 1 saturated heterocycles. The summed E-state index contributed by atoms with van der Waals surface area (Å²) in [5, 5.41) is 15.7. The molecule has 0 aromatic heterocycles. The van der Waals surface area contributed by atoms with Gasteiger partial charge in [-0.3, -0.25) is 0 Å². The number of hydrogen-bond donors (Lipinski definition) is 1. The van der Waals surface area contributed by atoms with Crippen LogP contribution in [0.5, 0.6) is 5.75 Å². The van der Waals surface area contributed by atoms with Crippen molar-refractivity contribution in [1.82, 2.24) is 0 Å². The quantitative estimate of drug-likeness (QED) is 0.219. The summed E-state index contributed by atoms with van der Waals surface area (Å²) < 4.78 is 12.6. The van der Waals surface area contributed by atoms with Crippen LogP contribution in [0, 0.1) is 0 Å². The average Bonchev–Trinajstić information content (AvgIpc) is 3.64. The monoisotopic (exact) mass is 436 g/mol. The SMILES string of the molecule is Oc1cc(-c2ccccc2)c(P2(c3ccccc3)(c3ccccc3)OO2)c2ccccc12. The van der Waals surface area contributed by atoms with Gasteiger partial charge in [0, 0.05) is 0 Å². The molecule has 0 atom stereocenters. The molecule has 6 rings (SSSR count). The molecule has 32 heavy (non-hydrogen) atoms. The molecule has 4 heteroatoms. The third-order valence-electron chi connectivity index (χ3n) is 6.23. The molecule has 0 spiro atoms. The summed E-state index contributed by atoms with van der Waals surface area (Å²) in [6.07, 6.45) is 0. The first-order valence-electron chi connectivity index (χ1n) is 10.6. The van der Waals surface area contributed by atoms with Crippen molar-refractivity contribution in [3.8, 4) is 16.9 Å². The third-order valence-corrected chi connectivity index (χ3v) is 10.6. The van der Waals surface area contributed by atoms with Gasteiger partial charge in [0.25, 0.3) is 0 Å². The second-order valence-corrected chi connectivity index (χ2v) is 11.7. The molecule has 1 fully saturated rings. The van der Waals surface area contributed by atoms with Crippen LogP contribution >= 0.6 is 7.06 Å². The Hall–Kier alpha value is -3.49. The van der Waals surface area contributed by atoms with E-state index in [1.54, 1.807) is 0 Å². The number of phenols is 1. The molecule has 0 unspecified atom stereocenters. The van der Waals surface area contributed by atoms with Crippen molar-refractivity contribution in [3.63, 3.8) is 0 Å². The Bertz CT molecular complexity index is 1390. The van der Waals surface area contributed by atoms with E-state index in [0.29, 0.717) is 0 Å². The molecule has 1 aliphatic rings. The molecule has 5 aromatic carbocycles. The Morgan fingerprint density at radius 2 is 1.00 bits per heavy atom. The van der Waals surface area contributed by atoms with Gasteiger partial charge < -0.3 is 0 Å². The van der Waals surface area contributed by atoms with Crippen molar-refractivity contribution in [1.29, 1.82) is 0 Å². The van der Waals surface area contributed by atoms with Gasteiger partial charge in [0.1, 0.15) is 0 Å². The molecule has 156 valence electrons. The molecule has 0 bridgehead atoms. The average molecular weight is 436 g/mol. The predicted octanol–water partition coefficient (Wildman–Crippen LogP) is 5.83. The second kappa shape index (κ2) is 7.01. The topological polar surface area (TPSA) is 45.3 Å². The molecule has 1 N–H and O–H groups in total. The van der Waals surface area contributed by atoms with Crippen LogP contribution < -0.4 is 15.9 Å². The third kappa shape index (κ3) is 2.53. The molecule has 0 radical (unpaired) electrons. The molecular weight excluding hydrogens is 415 g/mol. The van der Waals surface area contributed by atoms with Crippen LogP contribution in [-0.4, -0.2) is 5.11 Å². The summed E-state index contributed by atoms with van der Waals surface area (Å²) >= 11 is 0. The summed E-state index contributed by atoms with van der Waals surface area (Å²) in [6, 6.07) is 40.2. The van der Waals surface area contributed by atoms with Crippen LogP contribution in [0.25, 0.3) is 21.9 Å². The Morgan fingerprint density at radius 3 is 1.53 bits per heavy atom. The molecule has 0 aliphatic carbocycles. The van der Waals surface area contributed by atoms with Crippen molar-refractivity contribution < 1.29 is 14.5 Å². The number of aromatic hydroxyl groups is 1. The van der Waals surface area contributed by atoms with Gasteiger partial charge in [0.05, 0.1) is 0 Å². The van der Waals surface area contributed by atoms with Crippen LogP contribution in [0.3, 0.4) is 0 Å². The minimum atomic E-state index is -3.67. The van der Waals surface area contributed by atoms with Crippen LogP contribution in [0.1, 0.15) is 0 Å². The molecule has 1 heterocycles. The first kappa shape index (κ1) is 19.2. The fourth-order valence-corrected chi connectivity index (χ4v) is 9.12. The van der Waals surface area contributed by atoms with Crippen molar-refractivity contribution in [3.05, 3.63) is 121 Å². The first-order chi connectivity index (χ1) is 15.7. The van der Waals surface area contributed by atoms with Crippen molar-refractivity contribution in [2.75, 3.05) is 0 Å². The van der Waals surface area contributed by atoms with Crippen LogP contribution in [0.2, 0.25) is 0 Å². The normalized spacial score (nSPS) is 17.3. The number of phenolic OH excluding ortho intramolecular Hbond substituents is 1. The summed E-state index contributed by atoms with van der Waals surface area (Å²) in [6.45, 7) is 0. The number of rotatable bonds is 4. The molecule has 5 aromatic rings. The van der Waals surface area contributed by atoms with Gasteiger partial charge in [-0.2, -0.15) is 0 Å². The Balaban J connectivity index is 1.84. The summed E-state index contributed by atoms with van der Waals surface area (Å²) in [4.78, 5) is 0. The molecule has 0 amide bonds. The zero-order valence-electron chi connectivity index (χ0n) is 17.3. The van der Waals surface area contributed by atoms with E-state index in [9.17, 15) is 5.11 Å². The van der Waals surface area contributed by atoms with Crippen molar-refractivity contribution in [2.24, 2.45) is 0 Å². The number of fused-ring (bicyclic) bond motifs is 1. The van der Waals surface area contributed by atoms with Crippen LogP contribution in [0.15, 0.2) is 121 Å². The van der Waals surface area contributed by atoms with E-state index in [-0.39, 0.29) is 5.75 Å². The fourth-order valence-electron chi connectivity index (χ4n) is 4.72. The molecular formula is C28H21O3P. The number of benzene rings is 5. The van der Waals surface area contributed by atoms with Gasteiger partial charge in [0.2, 0.25) is 0 Å². The Labute approximate surface area is 186 Å². The zero-order valence-corrected chi connectivity index (χ0v) is 18.2. The summed E-state index contributed by atoms with van der Waals surface area (Å²) in [5.74, 6) is 0.239. The van der Waals surface area contributed by atoms with Crippen LogP contribution in [0.4, 0.5) is 0 Å². The van der Waals surface area contributed by atoms with E-state index in [1.807, 2.05) is 84.9 Å². The van der Waals surface area contributed by atoms with Crippen LogP contribution in [-0.2, 0) is 9.35 Å². The minimum absolute atomic E-state index is 0.239. The van der Waals surface area contributed by atoms with Crippen molar-refractivity contribution >= 4 is 33.7 Å². The van der Waals surface area contributed by atoms with E-state index in [0.717, 1.165) is 37.8 Å². The maximum absolute atomic E-state index is 11.0. The molecule has 1 aliphatic heterocycles. The molecule has 3 nitrogen and oxygen atoms in total. The zero-order chi connectivity index (χ0) is 21.6. The summed E-state index contributed by atoms with van der Waals surface area (Å²) in [7, 11) is -3.67. The van der Waals surface area contributed by atoms with E-state index in [4.69, 9.17) is 9.35 Å². The van der Waals surface area contributed by atoms with E-state index in [1.165, 1.54) is 0 Å². The standard InChI is InChI=1S/C28H21O3P/c29-27-20-26(21-12-4-1-5-13-21)28(25-19-11-10-18-24(25)27)32(30-31-32,22-14-6-2-7-15-22)23-16-8-3-9-17-23/h1-20,29H. The van der Waals surface area contributed by atoms with Gasteiger partial charge in [-0.25, -0.2) is 0 Å².